The van der Waals surface area contributed by atoms with Gasteiger partial charge in [-0.05, 0) is 17.7 Å². The Kier molecular flexibility index (Phi) is 6.83. The number of carbonyl (C=O) groups excluding carboxylic acids is 1. The molecule has 0 atom stereocenters. The van der Waals surface area contributed by atoms with Crippen molar-refractivity contribution in [3.05, 3.63) is 110 Å². The number of hydrogen-bond acceptors (Lipinski definition) is 7. The number of nitrogens with zero attached hydrogens (tertiary/aromatic N) is 4. The van der Waals surface area contributed by atoms with E-state index < -0.39 is 17.0 Å². The van der Waals surface area contributed by atoms with Crippen LogP contribution in [0.3, 0.4) is 0 Å². The molecule has 2 N–H and O–H groups in total. The van der Waals surface area contributed by atoms with Crippen LogP contribution in [0.2, 0.25) is 0 Å². The van der Waals surface area contributed by atoms with Crippen LogP contribution in [0.1, 0.15) is 15.9 Å². The van der Waals surface area contributed by atoms with Crippen molar-refractivity contribution in [1.29, 1.82) is 0 Å². The highest BCUT2D eigenvalue weighted by Gasteiger charge is 2.22. The van der Waals surface area contributed by atoms with Crippen LogP contribution in [0.25, 0.3) is 10.9 Å². The summed E-state index contributed by atoms with van der Waals surface area (Å²) in [4.78, 5) is 56.2. The molecule has 35 heavy (non-hydrogen) atoms. The van der Waals surface area contributed by atoms with Crippen molar-refractivity contribution >= 4 is 34.3 Å². The van der Waals surface area contributed by atoms with Gasteiger partial charge in [-0.1, -0.05) is 60.3 Å². The summed E-state index contributed by atoms with van der Waals surface area (Å²) in [6, 6.07) is 16.0. The Balaban J connectivity index is 1.71. The number of nitrogen functional groups attached to an aromatic ring is 1. The summed E-state index contributed by atoms with van der Waals surface area (Å²) in [5.41, 5.74) is 5.57. The average Bonchev–Trinajstić information content (AvgIpc) is 2.87. The zero-order valence-corrected chi connectivity index (χ0v) is 19.8. The molecule has 2 heterocycles. The first-order valence-electron chi connectivity index (χ1n) is 10.7. The zero-order chi connectivity index (χ0) is 25.1. The molecule has 4 rings (SSSR count). The van der Waals surface area contributed by atoms with Gasteiger partial charge < -0.3 is 5.73 Å². The Morgan fingerprint density at radius 3 is 2.43 bits per heavy atom. The normalized spacial score (nSPS) is 11.0. The number of Topliss-reactive ketones (excluding diaryl/α,β-unsaturated/α-hetero) is 1. The number of rotatable bonds is 8. The van der Waals surface area contributed by atoms with E-state index in [2.05, 4.69) is 11.6 Å². The van der Waals surface area contributed by atoms with Gasteiger partial charge >= 0.3 is 5.69 Å². The van der Waals surface area contributed by atoms with Crippen molar-refractivity contribution < 1.29 is 4.79 Å². The number of nitrogens with two attached hydrogens (primary N) is 1. The van der Waals surface area contributed by atoms with E-state index >= 15 is 0 Å². The largest absolute Gasteiger partial charge is 0.384 e. The first kappa shape index (κ1) is 24.0. The average molecular weight is 490 g/mol. The highest BCUT2D eigenvalue weighted by atomic mass is 32.2. The number of aromatic nitrogens is 4. The third-order valence-corrected chi connectivity index (χ3v) is 6.49. The molecule has 2 aromatic carbocycles. The molecule has 0 spiro atoms. The first-order chi connectivity index (χ1) is 16.8. The highest BCUT2D eigenvalue weighted by Crippen LogP contribution is 2.20. The minimum absolute atomic E-state index is 0.109. The van der Waals surface area contributed by atoms with E-state index in [0.717, 1.165) is 21.9 Å². The second-order valence-electron chi connectivity index (χ2n) is 7.81. The molecule has 0 fully saturated rings. The molecule has 2 aromatic heterocycles. The lowest BCUT2D eigenvalue weighted by atomic mass is 10.2. The molecule has 0 radical (unpaired) electrons. The van der Waals surface area contributed by atoms with Crippen LogP contribution in [0.15, 0.2) is 86.8 Å². The Morgan fingerprint density at radius 2 is 1.71 bits per heavy atom. The summed E-state index contributed by atoms with van der Waals surface area (Å²) >= 11 is 1.02. The minimum Gasteiger partial charge on any atom is -0.384 e. The van der Waals surface area contributed by atoms with Crippen LogP contribution in [-0.4, -0.2) is 30.2 Å². The topological polar surface area (TPSA) is 122 Å². The molecule has 0 saturated carbocycles. The molecule has 0 aliphatic rings. The third-order valence-electron chi connectivity index (χ3n) is 5.52. The quantitative estimate of drug-likeness (QED) is 0.174. The standard InChI is InChI=1S/C25H23N5O4S/c1-3-13-29-22(32)17-11-7-8-12-18(17)27-24(29)35-15-19(31)20-21(26)30(25(34)28(2)23(20)33)14-16-9-5-4-6-10-16/h3-12H,1,13-15,26H2,2H3. The van der Waals surface area contributed by atoms with Crippen molar-refractivity contribution in [2.24, 2.45) is 7.05 Å². The highest BCUT2D eigenvalue weighted by molar-refractivity contribution is 7.99. The molecule has 10 heteroatoms. The number of benzene rings is 2. The second kappa shape index (κ2) is 9.98. The van der Waals surface area contributed by atoms with E-state index in [0.29, 0.717) is 16.1 Å². The fraction of sp³-hybridized carbons (Fsp3) is 0.160. The summed E-state index contributed by atoms with van der Waals surface area (Å²) in [5, 5.41) is 0.770. The maximum Gasteiger partial charge on any atom is 0.332 e. The molecule has 0 bridgehead atoms. The number of hydrogen-bond donors (Lipinski definition) is 1. The smallest absolute Gasteiger partial charge is 0.332 e. The van der Waals surface area contributed by atoms with E-state index in [9.17, 15) is 19.2 Å². The SMILES string of the molecule is C=CCn1c(SCC(=O)c2c(N)n(Cc3ccccc3)c(=O)n(C)c2=O)nc2ccccc2c1=O. The van der Waals surface area contributed by atoms with Gasteiger partial charge in [0.05, 0.1) is 23.2 Å². The van der Waals surface area contributed by atoms with Gasteiger partial charge in [0.25, 0.3) is 11.1 Å². The zero-order valence-electron chi connectivity index (χ0n) is 19.0. The van der Waals surface area contributed by atoms with Gasteiger partial charge in [0.1, 0.15) is 11.4 Å². The van der Waals surface area contributed by atoms with Crippen LogP contribution in [0.4, 0.5) is 5.82 Å². The van der Waals surface area contributed by atoms with Crippen molar-refractivity contribution in [2.75, 3.05) is 11.5 Å². The van der Waals surface area contributed by atoms with Gasteiger partial charge in [-0.2, -0.15) is 0 Å². The summed E-state index contributed by atoms with van der Waals surface area (Å²) < 4.78 is 3.50. The summed E-state index contributed by atoms with van der Waals surface area (Å²) in [5.74, 6) is -0.963. The number of carbonyl (C=O) groups is 1. The van der Waals surface area contributed by atoms with Gasteiger partial charge in [-0.3, -0.25) is 28.1 Å². The molecule has 178 valence electrons. The molecular formula is C25H23N5O4S. The van der Waals surface area contributed by atoms with Crippen molar-refractivity contribution in [1.82, 2.24) is 18.7 Å². The molecule has 4 aromatic rings. The minimum atomic E-state index is -0.766. The van der Waals surface area contributed by atoms with Gasteiger partial charge in [0.15, 0.2) is 10.9 Å². The van der Waals surface area contributed by atoms with Crippen LogP contribution in [0, 0.1) is 0 Å². The lowest BCUT2D eigenvalue weighted by molar-refractivity contribution is 0.102. The Labute approximate surface area is 204 Å². The van der Waals surface area contributed by atoms with Crippen LogP contribution >= 0.6 is 11.8 Å². The van der Waals surface area contributed by atoms with E-state index in [1.807, 2.05) is 30.3 Å². The number of fused-ring (bicyclic) bond motifs is 1. The number of ketones is 1. The molecule has 0 amide bonds. The Morgan fingerprint density at radius 1 is 1.03 bits per heavy atom. The van der Waals surface area contributed by atoms with E-state index in [4.69, 9.17) is 5.73 Å². The molecule has 0 saturated heterocycles. The molecule has 0 aliphatic carbocycles. The van der Waals surface area contributed by atoms with Crippen molar-refractivity contribution in [2.45, 2.75) is 18.2 Å². The summed E-state index contributed by atoms with van der Waals surface area (Å²) in [6.07, 6.45) is 1.57. The third kappa shape index (κ3) is 4.60. The second-order valence-corrected chi connectivity index (χ2v) is 8.75. The van der Waals surface area contributed by atoms with E-state index in [1.54, 1.807) is 30.3 Å². The van der Waals surface area contributed by atoms with Gasteiger partial charge in [0, 0.05) is 13.6 Å². The van der Waals surface area contributed by atoms with Gasteiger partial charge in [0.2, 0.25) is 0 Å². The van der Waals surface area contributed by atoms with Crippen molar-refractivity contribution in [3.63, 3.8) is 0 Å². The fourth-order valence-electron chi connectivity index (χ4n) is 3.71. The molecule has 0 unspecified atom stereocenters. The predicted molar refractivity (Wildman–Crippen MR) is 137 cm³/mol. The lowest BCUT2D eigenvalue weighted by Crippen LogP contribution is -2.43. The number of allylic oxidation sites excluding steroid dienone is 1. The van der Waals surface area contributed by atoms with Crippen LogP contribution in [0.5, 0.6) is 0 Å². The number of para-hydroxylation sites is 1. The number of anilines is 1. The van der Waals surface area contributed by atoms with E-state index in [-0.39, 0.29) is 35.8 Å². The summed E-state index contributed by atoms with van der Waals surface area (Å²) in [7, 11) is 1.31. The van der Waals surface area contributed by atoms with Crippen LogP contribution in [-0.2, 0) is 20.1 Å². The fourth-order valence-corrected chi connectivity index (χ4v) is 4.60. The van der Waals surface area contributed by atoms with Gasteiger partial charge in [-0.15, -0.1) is 6.58 Å². The predicted octanol–water partition coefficient (Wildman–Crippen LogP) is 2.05. The maximum atomic E-state index is 13.2. The van der Waals surface area contributed by atoms with E-state index in [1.165, 1.54) is 16.2 Å². The molecule has 9 nitrogen and oxygen atoms in total. The number of thioether (sulfide) groups is 1. The van der Waals surface area contributed by atoms with Crippen molar-refractivity contribution in [3.8, 4) is 0 Å². The maximum absolute atomic E-state index is 13.2. The Hall–Kier alpha value is -4.18. The monoisotopic (exact) mass is 489 g/mol. The summed E-state index contributed by atoms with van der Waals surface area (Å²) in [6.45, 7) is 4.01. The lowest BCUT2D eigenvalue weighted by Gasteiger charge is -2.15. The molecular weight excluding hydrogens is 466 g/mol. The van der Waals surface area contributed by atoms with Gasteiger partial charge in [-0.25, -0.2) is 9.78 Å². The first-order valence-corrected chi connectivity index (χ1v) is 11.7. The molecule has 0 aliphatic heterocycles. The van der Waals surface area contributed by atoms with Crippen LogP contribution < -0.4 is 22.5 Å². The Bertz CT molecular complexity index is 1620.